The van der Waals surface area contributed by atoms with E-state index in [1.165, 1.54) is 29.9 Å². The molecule has 0 atom stereocenters. The lowest BCUT2D eigenvalue weighted by molar-refractivity contribution is 0.0691. The van der Waals surface area contributed by atoms with Crippen molar-refractivity contribution in [3.8, 4) is 22.1 Å². The van der Waals surface area contributed by atoms with Gasteiger partial charge in [0.2, 0.25) is 5.13 Å². The van der Waals surface area contributed by atoms with Crippen LogP contribution >= 0.6 is 11.3 Å². The van der Waals surface area contributed by atoms with Crippen molar-refractivity contribution in [1.82, 2.24) is 14.8 Å². The fourth-order valence-corrected chi connectivity index (χ4v) is 3.72. The molecule has 3 aromatic rings. The van der Waals surface area contributed by atoms with Gasteiger partial charge in [-0.3, -0.25) is 0 Å². The van der Waals surface area contributed by atoms with E-state index in [1.54, 1.807) is 16.8 Å². The quantitative estimate of drug-likeness (QED) is 0.755. The molecule has 1 N–H and O–H groups in total. The summed E-state index contributed by atoms with van der Waals surface area (Å²) in [6.45, 7) is 0. The van der Waals surface area contributed by atoms with E-state index in [1.807, 2.05) is 12.2 Å². The first-order valence-electron chi connectivity index (χ1n) is 7.90. The number of methoxy groups -OCH3 is 1. The molecule has 0 bridgehead atoms. The molecule has 0 radical (unpaired) electrons. The first-order chi connectivity index (χ1) is 12.6. The normalized spacial score (nSPS) is 12.8. The first kappa shape index (κ1) is 16.5. The van der Waals surface area contributed by atoms with Crippen LogP contribution in [0.4, 0.5) is 4.39 Å². The number of nitrogens with zero attached hydrogens (tertiary/aromatic N) is 3. The minimum atomic E-state index is -1.08. The van der Waals surface area contributed by atoms with Crippen LogP contribution in [0.1, 0.15) is 28.2 Å². The van der Waals surface area contributed by atoms with Crippen LogP contribution in [-0.4, -0.2) is 33.0 Å². The molecule has 8 heteroatoms. The fourth-order valence-electron chi connectivity index (χ4n) is 2.95. The van der Waals surface area contributed by atoms with Crippen LogP contribution in [0.25, 0.3) is 22.5 Å². The molecule has 0 saturated heterocycles. The Morgan fingerprint density at radius 2 is 2.27 bits per heavy atom. The predicted octanol–water partition coefficient (Wildman–Crippen LogP) is 3.80. The minimum absolute atomic E-state index is 0.0161. The fraction of sp³-hybridized carbons (Fsp3) is 0.167. The molecule has 1 aromatic carbocycles. The highest BCUT2D eigenvalue weighted by molar-refractivity contribution is 7.12. The number of hydrogen-bond acceptors (Lipinski definition) is 5. The molecule has 4 rings (SSSR count). The molecule has 1 aliphatic carbocycles. The van der Waals surface area contributed by atoms with Crippen LogP contribution in [0.2, 0.25) is 0 Å². The second kappa shape index (κ2) is 6.38. The Labute approximate surface area is 152 Å². The summed E-state index contributed by atoms with van der Waals surface area (Å²) in [6.07, 6.45) is 5.61. The topological polar surface area (TPSA) is 77.2 Å². The lowest BCUT2D eigenvalue weighted by atomic mass is 9.99. The van der Waals surface area contributed by atoms with Crippen molar-refractivity contribution in [3.05, 3.63) is 52.4 Å². The number of carbonyl (C=O) groups is 1. The number of rotatable bonds is 4. The average molecular weight is 371 g/mol. The second-order valence-electron chi connectivity index (χ2n) is 5.73. The van der Waals surface area contributed by atoms with Crippen molar-refractivity contribution >= 4 is 23.4 Å². The Morgan fingerprint density at radius 1 is 1.42 bits per heavy atom. The number of ether oxygens (including phenoxy) is 1. The number of halogens is 1. The van der Waals surface area contributed by atoms with Crippen LogP contribution in [-0.2, 0) is 6.42 Å². The summed E-state index contributed by atoms with van der Waals surface area (Å²) in [6, 6.07) is 4.70. The summed E-state index contributed by atoms with van der Waals surface area (Å²) >= 11 is 1.21. The van der Waals surface area contributed by atoms with Crippen molar-refractivity contribution in [2.75, 3.05) is 7.11 Å². The van der Waals surface area contributed by atoms with Crippen LogP contribution in [0.15, 0.2) is 29.7 Å². The van der Waals surface area contributed by atoms with Gasteiger partial charge >= 0.3 is 5.97 Å². The molecular weight excluding hydrogens is 357 g/mol. The van der Waals surface area contributed by atoms with E-state index in [4.69, 9.17) is 9.84 Å². The lowest BCUT2D eigenvalue weighted by Crippen LogP contribution is -2.05. The van der Waals surface area contributed by atoms with Crippen molar-refractivity contribution < 1.29 is 19.0 Å². The maximum Gasteiger partial charge on any atom is 0.355 e. The molecular formula is C18H14FN3O3S. The van der Waals surface area contributed by atoms with Gasteiger partial charge in [-0.2, -0.15) is 5.10 Å². The zero-order valence-corrected chi connectivity index (χ0v) is 14.6. The summed E-state index contributed by atoms with van der Waals surface area (Å²) in [5.74, 6) is -1.37. The van der Waals surface area contributed by atoms with Gasteiger partial charge in [-0.05, 0) is 31.0 Å². The number of hydrogen-bond donors (Lipinski definition) is 1. The molecule has 0 spiro atoms. The first-order valence-corrected chi connectivity index (χ1v) is 8.78. The third kappa shape index (κ3) is 2.68. The summed E-state index contributed by atoms with van der Waals surface area (Å²) in [4.78, 5) is 15.3. The number of aromatic carboxylic acids is 1. The molecule has 1 aliphatic rings. The Bertz CT molecular complexity index is 1040. The monoisotopic (exact) mass is 371 g/mol. The molecule has 0 fully saturated rings. The van der Waals surface area contributed by atoms with Crippen molar-refractivity contribution in [1.29, 1.82) is 0 Å². The Morgan fingerprint density at radius 3 is 2.96 bits per heavy atom. The van der Waals surface area contributed by atoms with E-state index in [-0.39, 0.29) is 11.4 Å². The van der Waals surface area contributed by atoms with Gasteiger partial charge in [0, 0.05) is 16.5 Å². The molecule has 2 aromatic heterocycles. The zero-order chi connectivity index (χ0) is 18.3. The van der Waals surface area contributed by atoms with Gasteiger partial charge < -0.3 is 9.84 Å². The molecule has 6 nitrogen and oxygen atoms in total. The Hall–Kier alpha value is -3.00. The molecule has 0 unspecified atom stereocenters. The number of allylic oxidation sites excluding steroid dienone is 1. The Kier molecular flexibility index (Phi) is 4.04. The number of carboxylic acid groups (broad SMARTS) is 1. The van der Waals surface area contributed by atoms with Crippen molar-refractivity contribution in [2.24, 2.45) is 0 Å². The molecule has 0 amide bonds. The average Bonchev–Trinajstić information content (AvgIpc) is 3.26. The highest BCUT2D eigenvalue weighted by Gasteiger charge is 2.23. The zero-order valence-electron chi connectivity index (χ0n) is 13.8. The molecule has 26 heavy (non-hydrogen) atoms. The molecule has 0 saturated carbocycles. The minimum Gasteiger partial charge on any atom is -0.494 e. The Balaban J connectivity index is 1.86. The number of thiazole rings is 1. The van der Waals surface area contributed by atoms with Gasteiger partial charge in [0.25, 0.3) is 0 Å². The largest absolute Gasteiger partial charge is 0.494 e. The van der Waals surface area contributed by atoms with Gasteiger partial charge in [-0.15, -0.1) is 11.3 Å². The van der Waals surface area contributed by atoms with Crippen LogP contribution in [0, 0.1) is 5.82 Å². The third-order valence-corrected chi connectivity index (χ3v) is 4.99. The number of carboxylic acids is 1. The smallest absolute Gasteiger partial charge is 0.355 e. The summed E-state index contributed by atoms with van der Waals surface area (Å²) < 4.78 is 20.8. The highest BCUT2D eigenvalue weighted by atomic mass is 32.1. The predicted molar refractivity (Wildman–Crippen MR) is 95.5 cm³/mol. The lowest BCUT2D eigenvalue weighted by Gasteiger charge is -2.08. The summed E-state index contributed by atoms with van der Waals surface area (Å²) in [5, 5.41) is 15.7. The molecule has 0 aliphatic heterocycles. The summed E-state index contributed by atoms with van der Waals surface area (Å²) in [7, 11) is 1.42. The van der Waals surface area contributed by atoms with Crippen molar-refractivity contribution in [2.45, 2.75) is 12.8 Å². The van der Waals surface area contributed by atoms with Gasteiger partial charge in [0.05, 0.1) is 12.8 Å². The third-order valence-electron chi connectivity index (χ3n) is 4.17. The van der Waals surface area contributed by atoms with E-state index in [2.05, 4.69) is 10.1 Å². The van der Waals surface area contributed by atoms with E-state index in [0.717, 1.165) is 24.1 Å². The van der Waals surface area contributed by atoms with Crippen LogP contribution in [0.5, 0.6) is 5.75 Å². The SMILES string of the molecule is COc1ccc(-c2nn(-c3nc(C(=O)O)cs3)c3c2C=CCC3)cc1F. The van der Waals surface area contributed by atoms with Gasteiger partial charge in [0.15, 0.2) is 17.3 Å². The van der Waals surface area contributed by atoms with Crippen molar-refractivity contribution in [3.63, 3.8) is 0 Å². The second-order valence-corrected chi connectivity index (χ2v) is 6.57. The molecule has 132 valence electrons. The van der Waals surface area contributed by atoms with Gasteiger partial charge in [-0.25, -0.2) is 18.9 Å². The maximum atomic E-state index is 14.1. The number of aromatic nitrogens is 3. The number of fused-ring (bicyclic) bond motifs is 1. The number of benzene rings is 1. The van der Waals surface area contributed by atoms with Gasteiger partial charge in [-0.1, -0.05) is 12.2 Å². The van der Waals surface area contributed by atoms with E-state index < -0.39 is 11.8 Å². The standard InChI is InChI=1S/C18H14FN3O3S/c1-25-15-7-6-10(8-12(15)19)16-11-4-2-3-5-14(11)22(21-16)18-20-13(9-26-18)17(23)24/h2,4,6-9H,3,5H2,1H3,(H,23,24). The van der Waals surface area contributed by atoms with Gasteiger partial charge in [0.1, 0.15) is 5.69 Å². The van der Waals surface area contributed by atoms with Crippen LogP contribution in [0.3, 0.4) is 0 Å². The van der Waals surface area contributed by atoms with E-state index in [0.29, 0.717) is 16.4 Å². The van der Waals surface area contributed by atoms with Crippen LogP contribution < -0.4 is 4.74 Å². The van der Waals surface area contributed by atoms with E-state index >= 15 is 0 Å². The molecule has 2 heterocycles. The summed E-state index contributed by atoms with van der Waals surface area (Å²) in [5.41, 5.74) is 3.07. The maximum absolute atomic E-state index is 14.1. The highest BCUT2D eigenvalue weighted by Crippen LogP contribution is 2.34. The van der Waals surface area contributed by atoms with E-state index in [9.17, 15) is 9.18 Å².